The van der Waals surface area contributed by atoms with Gasteiger partial charge in [0.1, 0.15) is 6.04 Å². The van der Waals surface area contributed by atoms with Gasteiger partial charge in [0.15, 0.2) is 0 Å². The molecular weight excluding hydrogens is 238 g/mol. The van der Waals surface area contributed by atoms with Crippen LogP contribution in [0.2, 0.25) is 0 Å². The van der Waals surface area contributed by atoms with E-state index in [2.05, 4.69) is 40.8 Å². The van der Waals surface area contributed by atoms with Crippen molar-refractivity contribution in [3.05, 3.63) is 29.8 Å². The molecule has 1 aromatic carbocycles. The molecule has 0 saturated carbocycles. The molecule has 0 aromatic heterocycles. The quantitative estimate of drug-likeness (QED) is 0.840. The van der Waals surface area contributed by atoms with Gasteiger partial charge in [0, 0.05) is 18.3 Å². The predicted octanol–water partition coefficient (Wildman–Crippen LogP) is 1.23. The molecule has 4 heteroatoms. The summed E-state index contributed by atoms with van der Waals surface area (Å²) >= 11 is 0. The number of para-hydroxylation sites is 1. The zero-order valence-corrected chi connectivity index (χ0v) is 11.4. The largest absolute Gasteiger partial charge is 0.373 e. The molecule has 2 aliphatic heterocycles. The van der Waals surface area contributed by atoms with Crippen LogP contribution in [0.25, 0.3) is 0 Å². The summed E-state index contributed by atoms with van der Waals surface area (Å²) in [6.45, 7) is 2.04. The molecule has 0 spiro atoms. The van der Waals surface area contributed by atoms with Crippen molar-refractivity contribution in [2.45, 2.75) is 31.3 Å². The zero-order chi connectivity index (χ0) is 13.2. The average Bonchev–Trinajstić information content (AvgIpc) is 2.83. The Balaban J connectivity index is 1.60. The lowest BCUT2D eigenvalue weighted by Gasteiger charge is -2.27. The second-order valence-electron chi connectivity index (χ2n) is 5.65. The maximum atomic E-state index is 12.3. The summed E-state index contributed by atoms with van der Waals surface area (Å²) in [6.07, 6.45) is 2.92. The van der Waals surface area contributed by atoms with Crippen LogP contribution in [0.3, 0.4) is 0 Å². The predicted molar refractivity (Wildman–Crippen MR) is 76.2 cm³/mol. The molecule has 0 bridgehead atoms. The van der Waals surface area contributed by atoms with Crippen LogP contribution in [-0.4, -0.2) is 43.0 Å². The summed E-state index contributed by atoms with van der Waals surface area (Å²) in [7, 11) is 2.10. The van der Waals surface area contributed by atoms with Crippen molar-refractivity contribution in [2.75, 3.05) is 25.5 Å². The van der Waals surface area contributed by atoms with Crippen molar-refractivity contribution in [3.63, 3.8) is 0 Å². The fourth-order valence-corrected chi connectivity index (χ4v) is 2.99. The molecular formula is C15H21N3O. The Bertz CT molecular complexity index is 474. The average molecular weight is 259 g/mol. The van der Waals surface area contributed by atoms with Crippen LogP contribution >= 0.6 is 0 Å². The van der Waals surface area contributed by atoms with Crippen molar-refractivity contribution in [2.24, 2.45) is 0 Å². The topological polar surface area (TPSA) is 44.4 Å². The highest BCUT2D eigenvalue weighted by Gasteiger charge is 2.27. The molecule has 1 aromatic rings. The minimum absolute atomic E-state index is 0.0826. The smallest absolute Gasteiger partial charge is 0.242 e. The van der Waals surface area contributed by atoms with Crippen molar-refractivity contribution >= 4 is 11.6 Å². The first-order valence-corrected chi connectivity index (χ1v) is 7.06. The molecule has 0 aliphatic carbocycles. The number of fused-ring (bicyclic) bond motifs is 1. The molecule has 1 fully saturated rings. The number of likely N-dealkylation sites (N-methyl/N-ethyl adjacent to an activating group) is 1. The number of likely N-dealkylation sites (tertiary alicyclic amines) is 1. The lowest BCUT2D eigenvalue weighted by Crippen LogP contribution is -2.46. The Morgan fingerprint density at radius 1 is 1.37 bits per heavy atom. The standard InChI is InChI=1S/C15H21N3O/c1-18-9-8-12(10-18)16-15(19)14-7-6-11-4-2-3-5-13(11)17-14/h2-5,12,14,17H,6-10H2,1H3,(H,16,19). The Morgan fingerprint density at radius 2 is 2.21 bits per heavy atom. The number of hydrogen-bond donors (Lipinski definition) is 2. The lowest BCUT2D eigenvalue weighted by atomic mass is 9.97. The summed E-state index contributed by atoms with van der Waals surface area (Å²) < 4.78 is 0. The molecule has 4 nitrogen and oxygen atoms in total. The summed E-state index contributed by atoms with van der Waals surface area (Å²) in [4.78, 5) is 14.5. The maximum absolute atomic E-state index is 12.3. The van der Waals surface area contributed by atoms with E-state index in [1.54, 1.807) is 0 Å². The third-order valence-electron chi connectivity index (χ3n) is 4.10. The molecule has 19 heavy (non-hydrogen) atoms. The molecule has 1 saturated heterocycles. The van der Waals surface area contributed by atoms with Gasteiger partial charge in [-0.2, -0.15) is 0 Å². The van der Waals surface area contributed by atoms with Crippen molar-refractivity contribution in [1.29, 1.82) is 0 Å². The molecule has 3 rings (SSSR count). The second-order valence-corrected chi connectivity index (χ2v) is 5.65. The van der Waals surface area contributed by atoms with Crippen molar-refractivity contribution in [1.82, 2.24) is 10.2 Å². The highest BCUT2D eigenvalue weighted by molar-refractivity contribution is 5.85. The molecule has 2 unspecified atom stereocenters. The number of benzene rings is 1. The third kappa shape index (κ3) is 2.73. The normalized spacial score (nSPS) is 26.6. The molecule has 2 N–H and O–H groups in total. The van der Waals surface area contributed by atoms with Gasteiger partial charge in [-0.05, 0) is 44.5 Å². The third-order valence-corrected chi connectivity index (χ3v) is 4.10. The number of amides is 1. The number of aryl methyl sites for hydroxylation is 1. The van der Waals surface area contributed by atoms with Crippen LogP contribution in [-0.2, 0) is 11.2 Å². The summed E-state index contributed by atoms with van der Waals surface area (Å²) in [5.41, 5.74) is 2.42. The van der Waals surface area contributed by atoms with Crippen LogP contribution < -0.4 is 10.6 Å². The molecule has 2 atom stereocenters. The van der Waals surface area contributed by atoms with E-state index in [4.69, 9.17) is 0 Å². The van der Waals surface area contributed by atoms with Crippen LogP contribution in [0.15, 0.2) is 24.3 Å². The monoisotopic (exact) mass is 259 g/mol. The fourth-order valence-electron chi connectivity index (χ4n) is 2.99. The summed E-state index contributed by atoms with van der Waals surface area (Å²) in [5, 5.41) is 6.52. The number of carbonyl (C=O) groups excluding carboxylic acids is 1. The van der Waals surface area contributed by atoms with Gasteiger partial charge >= 0.3 is 0 Å². The number of carbonyl (C=O) groups is 1. The first kappa shape index (κ1) is 12.5. The zero-order valence-electron chi connectivity index (χ0n) is 11.4. The Labute approximate surface area is 114 Å². The van der Waals surface area contributed by atoms with E-state index in [0.717, 1.165) is 38.0 Å². The van der Waals surface area contributed by atoms with E-state index in [9.17, 15) is 4.79 Å². The number of nitrogens with zero attached hydrogens (tertiary/aromatic N) is 1. The molecule has 1 amide bonds. The summed E-state index contributed by atoms with van der Waals surface area (Å²) in [5.74, 6) is 0.148. The Kier molecular flexibility index (Phi) is 3.42. The maximum Gasteiger partial charge on any atom is 0.242 e. The van der Waals surface area contributed by atoms with Crippen LogP contribution in [0, 0.1) is 0 Å². The van der Waals surface area contributed by atoms with Gasteiger partial charge in [0.05, 0.1) is 0 Å². The number of rotatable bonds is 2. The van der Waals surface area contributed by atoms with Gasteiger partial charge in [-0.1, -0.05) is 18.2 Å². The van der Waals surface area contributed by atoms with Gasteiger partial charge in [-0.15, -0.1) is 0 Å². The van der Waals surface area contributed by atoms with E-state index >= 15 is 0 Å². The molecule has 2 heterocycles. The second kappa shape index (κ2) is 5.21. The molecule has 2 aliphatic rings. The van der Waals surface area contributed by atoms with Crippen molar-refractivity contribution in [3.8, 4) is 0 Å². The molecule has 102 valence electrons. The minimum atomic E-state index is -0.0826. The van der Waals surface area contributed by atoms with Gasteiger partial charge in [0.25, 0.3) is 0 Å². The number of hydrogen-bond acceptors (Lipinski definition) is 3. The van der Waals surface area contributed by atoms with Crippen LogP contribution in [0.1, 0.15) is 18.4 Å². The van der Waals surface area contributed by atoms with E-state index in [1.165, 1.54) is 5.56 Å². The van der Waals surface area contributed by atoms with Crippen molar-refractivity contribution < 1.29 is 4.79 Å². The van der Waals surface area contributed by atoms with E-state index in [-0.39, 0.29) is 11.9 Å². The Hall–Kier alpha value is -1.55. The number of nitrogens with one attached hydrogen (secondary N) is 2. The number of anilines is 1. The fraction of sp³-hybridized carbons (Fsp3) is 0.533. The van der Waals surface area contributed by atoms with Gasteiger partial charge < -0.3 is 15.5 Å². The van der Waals surface area contributed by atoms with Gasteiger partial charge in [-0.3, -0.25) is 4.79 Å². The highest BCUT2D eigenvalue weighted by Crippen LogP contribution is 2.24. The van der Waals surface area contributed by atoms with Crippen LogP contribution in [0.4, 0.5) is 5.69 Å². The lowest BCUT2D eigenvalue weighted by molar-refractivity contribution is -0.122. The SMILES string of the molecule is CN1CCC(NC(=O)C2CCc3ccccc3N2)C1. The Morgan fingerprint density at radius 3 is 3.00 bits per heavy atom. The van der Waals surface area contributed by atoms with Gasteiger partial charge in [-0.25, -0.2) is 0 Å². The van der Waals surface area contributed by atoms with Gasteiger partial charge in [0.2, 0.25) is 5.91 Å². The minimum Gasteiger partial charge on any atom is -0.373 e. The first-order valence-electron chi connectivity index (χ1n) is 7.06. The summed E-state index contributed by atoms with van der Waals surface area (Å²) in [6, 6.07) is 8.48. The van der Waals surface area contributed by atoms with E-state index in [1.807, 2.05) is 6.07 Å². The van der Waals surface area contributed by atoms with E-state index in [0.29, 0.717) is 6.04 Å². The first-order chi connectivity index (χ1) is 9.22. The molecule has 0 radical (unpaired) electrons. The highest BCUT2D eigenvalue weighted by atomic mass is 16.2. The van der Waals surface area contributed by atoms with Crippen LogP contribution in [0.5, 0.6) is 0 Å². The van der Waals surface area contributed by atoms with E-state index < -0.39 is 0 Å².